The van der Waals surface area contributed by atoms with Gasteiger partial charge in [0.25, 0.3) is 0 Å². The molecule has 0 aromatic rings. The van der Waals surface area contributed by atoms with Gasteiger partial charge in [-0.05, 0) is 25.7 Å². The molecule has 3 saturated heterocycles. The number of carbonyl (C=O) groups is 2. The van der Waals surface area contributed by atoms with Crippen molar-refractivity contribution >= 4 is 24.3 Å². The van der Waals surface area contributed by atoms with Crippen LogP contribution in [0.25, 0.3) is 0 Å². The topological polar surface area (TPSA) is 77.1 Å². The van der Waals surface area contributed by atoms with Crippen LogP contribution in [0.15, 0.2) is 0 Å². The molecule has 0 aromatic heterocycles. The van der Waals surface area contributed by atoms with Crippen molar-refractivity contribution in [3.8, 4) is 0 Å². The molecule has 0 radical (unpaired) electrons. The van der Waals surface area contributed by atoms with E-state index in [4.69, 9.17) is 14.2 Å². The Hall–Kier alpha value is -0.890. The second kappa shape index (κ2) is 9.56. The molecule has 0 spiro atoms. The van der Waals surface area contributed by atoms with Crippen molar-refractivity contribution in [1.29, 1.82) is 0 Å². The molecule has 0 saturated carbocycles. The molecule has 3 aliphatic heterocycles. The summed E-state index contributed by atoms with van der Waals surface area (Å²) < 4.78 is 16.3. The van der Waals surface area contributed by atoms with E-state index in [-0.39, 0.29) is 42.9 Å². The summed E-state index contributed by atoms with van der Waals surface area (Å²) in [7, 11) is 0. The van der Waals surface area contributed by atoms with Crippen LogP contribution in [0.5, 0.6) is 0 Å². The maximum absolute atomic E-state index is 12.5. The Morgan fingerprint density at radius 1 is 1.21 bits per heavy atom. The zero-order valence-electron chi connectivity index (χ0n) is 13.9. The van der Waals surface area contributed by atoms with Crippen LogP contribution in [0, 0.1) is 0 Å². The second-order valence-corrected chi connectivity index (χ2v) is 6.45. The minimum atomic E-state index is -0.484. The van der Waals surface area contributed by atoms with Crippen LogP contribution in [0.3, 0.4) is 0 Å². The fourth-order valence-electron chi connectivity index (χ4n) is 3.35. The molecule has 3 unspecified atom stereocenters. The molecular weight excluding hydrogens is 336 g/mol. The minimum absolute atomic E-state index is 0. The van der Waals surface area contributed by atoms with Gasteiger partial charge in [0.05, 0.1) is 24.7 Å². The Morgan fingerprint density at radius 3 is 2.58 bits per heavy atom. The van der Waals surface area contributed by atoms with E-state index in [0.29, 0.717) is 26.2 Å². The van der Waals surface area contributed by atoms with Gasteiger partial charge in [0, 0.05) is 32.8 Å². The lowest BCUT2D eigenvalue weighted by molar-refractivity contribution is -0.151. The molecule has 0 bridgehead atoms. The fraction of sp³-hybridized carbons (Fsp3) is 0.875. The monoisotopic (exact) mass is 362 g/mol. The molecule has 7 nitrogen and oxygen atoms in total. The predicted octanol–water partition coefficient (Wildman–Crippen LogP) is 0.500. The van der Waals surface area contributed by atoms with Crippen LogP contribution < -0.4 is 5.32 Å². The van der Waals surface area contributed by atoms with E-state index in [1.165, 1.54) is 0 Å². The number of esters is 1. The number of piperazine rings is 1. The fourth-order valence-corrected chi connectivity index (χ4v) is 3.35. The molecule has 24 heavy (non-hydrogen) atoms. The number of carbonyl (C=O) groups excluding carboxylic acids is 2. The average Bonchev–Trinajstić information content (AvgIpc) is 3.23. The lowest BCUT2D eigenvalue weighted by Gasteiger charge is -2.34. The zero-order valence-corrected chi connectivity index (χ0v) is 14.7. The lowest BCUT2D eigenvalue weighted by Crippen LogP contribution is -2.57. The predicted molar refractivity (Wildman–Crippen MR) is 89.1 cm³/mol. The van der Waals surface area contributed by atoms with E-state index in [0.717, 1.165) is 38.9 Å². The molecule has 3 heterocycles. The van der Waals surface area contributed by atoms with Gasteiger partial charge >= 0.3 is 5.97 Å². The van der Waals surface area contributed by atoms with Crippen LogP contribution in [0.1, 0.15) is 32.1 Å². The van der Waals surface area contributed by atoms with Crippen LogP contribution in [-0.2, 0) is 23.8 Å². The molecule has 1 N–H and O–H groups in total. The first-order chi connectivity index (χ1) is 11.2. The van der Waals surface area contributed by atoms with Crippen molar-refractivity contribution in [2.45, 2.75) is 50.4 Å². The van der Waals surface area contributed by atoms with Crippen LogP contribution >= 0.6 is 12.4 Å². The molecule has 1 amide bonds. The molecule has 138 valence electrons. The third kappa shape index (κ3) is 5.31. The highest BCUT2D eigenvalue weighted by Crippen LogP contribution is 2.16. The van der Waals surface area contributed by atoms with E-state index >= 15 is 0 Å². The first kappa shape index (κ1) is 19.4. The smallest absolute Gasteiger partial charge is 0.308 e. The lowest BCUT2D eigenvalue weighted by atomic mass is 10.1. The van der Waals surface area contributed by atoms with E-state index < -0.39 is 6.04 Å². The number of amides is 1. The summed E-state index contributed by atoms with van der Waals surface area (Å²) in [6.45, 7) is 3.80. The summed E-state index contributed by atoms with van der Waals surface area (Å²) in [6, 6.07) is -0.484. The average molecular weight is 363 g/mol. The number of rotatable bonds is 6. The third-order valence-corrected chi connectivity index (χ3v) is 4.66. The molecular formula is C16H27ClN2O5. The SMILES string of the molecule is Cl.O=C(CC1NCCN(CC2CCCO2)C1=O)OCC1CCCO1. The quantitative estimate of drug-likeness (QED) is 0.693. The highest BCUT2D eigenvalue weighted by molar-refractivity contribution is 5.87. The van der Waals surface area contributed by atoms with Crippen LogP contribution in [-0.4, -0.2) is 74.5 Å². The van der Waals surface area contributed by atoms with Gasteiger partial charge in [-0.15, -0.1) is 12.4 Å². The highest BCUT2D eigenvalue weighted by atomic mass is 35.5. The van der Waals surface area contributed by atoms with E-state index in [2.05, 4.69) is 5.32 Å². The van der Waals surface area contributed by atoms with Crippen LogP contribution in [0.4, 0.5) is 0 Å². The van der Waals surface area contributed by atoms with Crippen molar-refractivity contribution in [1.82, 2.24) is 10.2 Å². The Morgan fingerprint density at radius 2 is 1.92 bits per heavy atom. The van der Waals surface area contributed by atoms with E-state index in [9.17, 15) is 9.59 Å². The molecule has 0 aromatic carbocycles. The van der Waals surface area contributed by atoms with Gasteiger partial charge in [-0.3, -0.25) is 9.59 Å². The van der Waals surface area contributed by atoms with Gasteiger partial charge in [0.2, 0.25) is 5.91 Å². The summed E-state index contributed by atoms with van der Waals surface area (Å²) in [6.07, 6.45) is 4.25. The van der Waals surface area contributed by atoms with Crippen molar-refractivity contribution in [3.05, 3.63) is 0 Å². The molecule has 3 fully saturated rings. The number of halogens is 1. The van der Waals surface area contributed by atoms with Gasteiger partial charge in [0.15, 0.2) is 0 Å². The van der Waals surface area contributed by atoms with Crippen molar-refractivity contribution in [2.24, 2.45) is 0 Å². The first-order valence-electron chi connectivity index (χ1n) is 8.63. The maximum atomic E-state index is 12.5. The van der Waals surface area contributed by atoms with E-state index in [1.54, 1.807) is 0 Å². The molecule has 3 atom stereocenters. The Labute approximate surface area is 148 Å². The number of hydrogen-bond donors (Lipinski definition) is 1. The van der Waals surface area contributed by atoms with Crippen molar-refractivity contribution in [3.63, 3.8) is 0 Å². The third-order valence-electron chi connectivity index (χ3n) is 4.66. The molecule has 0 aliphatic carbocycles. The van der Waals surface area contributed by atoms with Crippen molar-refractivity contribution in [2.75, 3.05) is 39.5 Å². The first-order valence-corrected chi connectivity index (χ1v) is 8.63. The number of nitrogens with zero attached hydrogens (tertiary/aromatic N) is 1. The van der Waals surface area contributed by atoms with Crippen molar-refractivity contribution < 1.29 is 23.8 Å². The molecule has 3 aliphatic rings. The zero-order chi connectivity index (χ0) is 16.1. The minimum Gasteiger partial charge on any atom is -0.463 e. The van der Waals surface area contributed by atoms with Gasteiger partial charge < -0.3 is 24.4 Å². The normalized spacial score (nSPS) is 30.2. The second-order valence-electron chi connectivity index (χ2n) is 6.45. The highest BCUT2D eigenvalue weighted by Gasteiger charge is 2.32. The largest absolute Gasteiger partial charge is 0.463 e. The Kier molecular flexibility index (Phi) is 7.74. The number of ether oxygens (including phenoxy) is 3. The summed E-state index contributed by atoms with van der Waals surface area (Å²) in [5, 5.41) is 3.12. The van der Waals surface area contributed by atoms with Gasteiger partial charge in [-0.1, -0.05) is 0 Å². The van der Waals surface area contributed by atoms with Gasteiger partial charge in [-0.25, -0.2) is 0 Å². The van der Waals surface area contributed by atoms with Gasteiger partial charge in [-0.2, -0.15) is 0 Å². The summed E-state index contributed by atoms with van der Waals surface area (Å²) in [5.41, 5.74) is 0. The Bertz CT molecular complexity index is 425. The van der Waals surface area contributed by atoms with E-state index in [1.807, 2.05) is 4.90 Å². The maximum Gasteiger partial charge on any atom is 0.308 e. The van der Waals surface area contributed by atoms with Crippen LogP contribution in [0.2, 0.25) is 0 Å². The number of nitrogens with one attached hydrogen (secondary N) is 1. The molecule has 8 heteroatoms. The summed E-state index contributed by atoms with van der Waals surface area (Å²) in [4.78, 5) is 26.2. The molecule has 3 rings (SSSR count). The Balaban J connectivity index is 0.00000208. The number of hydrogen-bond acceptors (Lipinski definition) is 6. The summed E-state index contributed by atoms with van der Waals surface area (Å²) in [5.74, 6) is -0.369. The standard InChI is InChI=1S/C16H26N2O5.ClH/c19-15(23-11-13-4-2-8-22-13)9-14-16(20)18(6-5-17-14)10-12-3-1-7-21-12;/h12-14,17H,1-11H2;1H. The summed E-state index contributed by atoms with van der Waals surface area (Å²) >= 11 is 0. The van der Waals surface area contributed by atoms with Gasteiger partial charge in [0.1, 0.15) is 6.61 Å².